The smallest absolute Gasteiger partial charge is 0.259 e. The number of hydrogen-bond acceptors (Lipinski definition) is 3. The number of carbonyl (C=O) groups excluding carboxylic acids is 1. The summed E-state index contributed by atoms with van der Waals surface area (Å²) in [5, 5.41) is 0.486. The molecule has 2 aromatic carbocycles. The van der Waals surface area contributed by atoms with Crippen LogP contribution < -0.4 is 5.56 Å². The van der Waals surface area contributed by atoms with E-state index in [0.29, 0.717) is 16.5 Å². The van der Waals surface area contributed by atoms with E-state index in [2.05, 4.69) is 38.0 Å². The average molecular weight is 430 g/mol. The molecule has 7 heteroatoms. The van der Waals surface area contributed by atoms with Gasteiger partial charge in [0.1, 0.15) is 0 Å². The van der Waals surface area contributed by atoms with Gasteiger partial charge < -0.3 is 9.88 Å². The third-order valence-corrected chi connectivity index (χ3v) is 5.43. The summed E-state index contributed by atoms with van der Waals surface area (Å²) in [5.41, 5.74) is 2.00. The van der Waals surface area contributed by atoms with Crippen LogP contribution in [0.1, 0.15) is 34.8 Å². The Morgan fingerprint density at radius 1 is 1.19 bits per heavy atom. The Hall–Kier alpha value is -2.25. The van der Waals surface area contributed by atoms with Gasteiger partial charge in [-0.05, 0) is 61.0 Å². The number of aromatic amines is 2. The fourth-order valence-electron chi connectivity index (χ4n) is 3.54. The van der Waals surface area contributed by atoms with E-state index in [1.54, 1.807) is 18.2 Å². The van der Waals surface area contributed by atoms with Crippen molar-refractivity contribution in [1.29, 1.82) is 0 Å². The van der Waals surface area contributed by atoms with Gasteiger partial charge in [-0.25, -0.2) is 0 Å². The topological polar surface area (TPSA) is 69.0 Å². The van der Waals surface area contributed by atoms with Gasteiger partial charge in [0.05, 0.1) is 16.9 Å². The van der Waals surface area contributed by atoms with Gasteiger partial charge in [0.25, 0.3) is 11.5 Å². The van der Waals surface area contributed by atoms with Crippen LogP contribution in [-0.2, 0) is 0 Å². The largest absolute Gasteiger partial charge is 0.332 e. The van der Waals surface area contributed by atoms with E-state index in [1.165, 1.54) is 0 Å². The van der Waals surface area contributed by atoms with Crippen molar-refractivity contribution in [3.8, 4) is 0 Å². The molecule has 2 heterocycles. The molecule has 3 aromatic rings. The van der Waals surface area contributed by atoms with Crippen molar-refractivity contribution in [2.75, 3.05) is 6.54 Å². The summed E-state index contributed by atoms with van der Waals surface area (Å²) >= 11 is 8.53. The highest BCUT2D eigenvalue weighted by Gasteiger charge is 2.30. The van der Waals surface area contributed by atoms with Crippen molar-refractivity contribution in [1.82, 2.24) is 14.9 Å². The van der Waals surface area contributed by atoms with Crippen LogP contribution >= 0.6 is 28.1 Å². The molecule has 0 aliphatic carbocycles. The van der Waals surface area contributed by atoms with Crippen LogP contribution in [0.15, 0.2) is 51.7 Å². The molecule has 0 spiro atoms. The third kappa shape index (κ3) is 3.12. The van der Waals surface area contributed by atoms with Crippen molar-refractivity contribution in [2.24, 2.45) is 0 Å². The Balaban J connectivity index is 1.71. The second-order valence-electron chi connectivity index (χ2n) is 6.38. The van der Waals surface area contributed by atoms with E-state index in [-0.39, 0.29) is 22.3 Å². The third-order valence-electron chi connectivity index (χ3n) is 4.73. The van der Waals surface area contributed by atoms with E-state index in [0.717, 1.165) is 29.4 Å². The highest BCUT2D eigenvalue weighted by Crippen LogP contribution is 2.34. The highest BCUT2D eigenvalue weighted by molar-refractivity contribution is 9.10. The molecule has 0 radical (unpaired) electrons. The fourth-order valence-corrected chi connectivity index (χ4v) is 4.16. The molecule has 1 unspecified atom stereocenters. The lowest BCUT2D eigenvalue weighted by atomic mass is 10.0. The first-order valence-corrected chi connectivity index (χ1v) is 9.56. The second kappa shape index (κ2) is 6.81. The van der Waals surface area contributed by atoms with E-state index in [4.69, 9.17) is 12.2 Å². The summed E-state index contributed by atoms with van der Waals surface area (Å²) in [7, 11) is 0. The zero-order valence-electron chi connectivity index (χ0n) is 13.8. The number of likely N-dealkylation sites (tertiary alicyclic amines) is 1. The first kappa shape index (κ1) is 17.2. The molecular formula is C19H16BrN3O2S. The first-order chi connectivity index (χ1) is 12.5. The Morgan fingerprint density at radius 2 is 2.04 bits per heavy atom. The predicted molar refractivity (Wildman–Crippen MR) is 107 cm³/mol. The number of aromatic nitrogens is 2. The number of rotatable bonds is 2. The number of fused-ring (bicyclic) bond motifs is 1. The number of hydrogen-bond donors (Lipinski definition) is 2. The van der Waals surface area contributed by atoms with Gasteiger partial charge in [-0.15, -0.1) is 0 Å². The summed E-state index contributed by atoms with van der Waals surface area (Å²) in [5.74, 6) is -0.0334. The maximum absolute atomic E-state index is 13.1. The quantitative estimate of drug-likeness (QED) is 0.595. The summed E-state index contributed by atoms with van der Waals surface area (Å²) < 4.78 is 1.26. The first-order valence-electron chi connectivity index (χ1n) is 8.36. The summed E-state index contributed by atoms with van der Waals surface area (Å²) in [6.07, 6.45) is 1.91. The second-order valence-corrected chi connectivity index (χ2v) is 7.70. The minimum Gasteiger partial charge on any atom is -0.332 e. The van der Waals surface area contributed by atoms with Crippen LogP contribution in [0.2, 0.25) is 0 Å². The van der Waals surface area contributed by atoms with Gasteiger partial charge in [0.15, 0.2) is 4.77 Å². The fraction of sp³-hybridized carbons (Fsp3) is 0.211. The molecule has 1 aromatic heterocycles. The zero-order valence-corrected chi connectivity index (χ0v) is 16.2. The van der Waals surface area contributed by atoms with Gasteiger partial charge >= 0.3 is 0 Å². The maximum atomic E-state index is 13.1. The van der Waals surface area contributed by atoms with Crippen molar-refractivity contribution in [3.63, 3.8) is 0 Å². The van der Waals surface area contributed by atoms with Gasteiger partial charge in [0, 0.05) is 16.6 Å². The van der Waals surface area contributed by atoms with Crippen LogP contribution in [0.5, 0.6) is 0 Å². The predicted octanol–water partition coefficient (Wildman–Crippen LogP) is 4.33. The molecule has 1 fully saturated rings. The van der Waals surface area contributed by atoms with Crippen molar-refractivity contribution < 1.29 is 4.79 Å². The monoisotopic (exact) mass is 429 g/mol. The van der Waals surface area contributed by atoms with Gasteiger partial charge in [-0.2, -0.15) is 0 Å². The number of benzene rings is 2. The Kier molecular flexibility index (Phi) is 4.50. The molecule has 5 nitrogen and oxygen atoms in total. The minimum absolute atomic E-state index is 0.0334. The lowest BCUT2D eigenvalue weighted by Crippen LogP contribution is -2.30. The average Bonchev–Trinajstić information content (AvgIpc) is 3.10. The number of halogens is 1. The van der Waals surface area contributed by atoms with Gasteiger partial charge in [0.2, 0.25) is 0 Å². The lowest BCUT2D eigenvalue weighted by molar-refractivity contribution is 0.0736. The Labute approximate surface area is 163 Å². The van der Waals surface area contributed by atoms with Crippen LogP contribution in [0.3, 0.4) is 0 Å². The number of amides is 1. The number of H-pyrrole nitrogens is 2. The molecule has 1 aliphatic rings. The van der Waals surface area contributed by atoms with Gasteiger partial charge in [-0.1, -0.05) is 28.1 Å². The van der Waals surface area contributed by atoms with Crippen LogP contribution in [0.4, 0.5) is 0 Å². The number of nitrogens with zero attached hydrogens (tertiary/aromatic N) is 1. The van der Waals surface area contributed by atoms with Crippen molar-refractivity contribution in [2.45, 2.75) is 18.9 Å². The summed E-state index contributed by atoms with van der Waals surface area (Å²) in [6.45, 7) is 0.722. The molecule has 1 atom stereocenters. The highest BCUT2D eigenvalue weighted by atomic mass is 79.9. The molecule has 0 bridgehead atoms. The zero-order chi connectivity index (χ0) is 18.3. The molecule has 2 N–H and O–H groups in total. The Bertz CT molecular complexity index is 1120. The molecule has 132 valence electrons. The van der Waals surface area contributed by atoms with E-state index in [9.17, 15) is 9.59 Å². The van der Waals surface area contributed by atoms with Crippen LogP contribution in [0, 0.1) is 4.77 Å². The standard InChI is InChI=1S/C19H16BrN3O2S/c20-13-4-1-3-11(9-13)16-5-2-8-23(16)18(25)12-6-7-14-15(10-12)21-19(26)22-17(14)24/h1,3-4,6-7,9-10,16H,2,5,8H2,(H2,21,22,24,26). The minimum atomic E-state index is -0.254. The lowest BCUT2D eigenvalue weighted by Gasteiger charge is -2.25. The molecule has 4 rings (SSSR count). The number of carbonyl (C=O) groups is 1. The van der Waals surface area contributed by atoms with Crippen molar-refractivity contribution in [3.05, 3.63) is 73.2 Å². The maximum Gasteiger partial charge on any atom is 0.259 e. The van der Waals surface area contributed by atoms with E-state index in [1.807, 2.05) is 17.0 Å². The van der Waals surface area contributed by atoms with Crippen LogP contribution in [0.25, 0.3) is 10.9 Å². The summed E-state index contributed by atoms with van der Waals surface area (Å²) in [4.78, 5) is 32.5. The van der Waals surface area contributed by atoms with Crippen LogP contribution in [-0.4, -0.2) is 27.3 Å². The van der Waals surface area contributed by atoms with Gasteiger partial charge in [-0.3, -0.25) is 14.6 Å². The molecule has 1 amide bonds. The van der Waals surface area contributed by atoms with E-state index < -0.39 is 0 Å². The molecule has 1 saturated heterocycles. The normalized spacial score (nSPS) is 17.0. The molecular weight excluding hydrogens is 414 g/mol. The Morgan fingerprint density at radius 3 is 2.85 bits per heavy atom. The summed E-state index contributed by atoms with van der Waals surface area (Å²) in [6, 6.07) is 13.2. The molecule has 0 saturated carbocycles. The number of nitrogens with one attached hydrogen (secondary N) is 2. The van der Waals surface area contributed by atoms with E-state index >= 15 is 0 Å². The SMILES string of the molecule is O=C(c1ccc2c(=O)[nH]c(=S)[nH]c2c1)N1CCCC1c1cccc(Br)c1. The van der Waals surface area contributed by atoms with Crippen molar-refractivity contribution >= 4 is 45.0 Å². The molecule has 26 heavy (non-hydrogen) atoms. The molecule has 1 aliphatic heterocycles.